The summed E-state index contributed by atoms with van der Waals surface area (Å²) >= 11 is 0. The summed E-state index contributed by atoms with van der Waals surface area (Å²) in [6.45, 7) is 2.10. The largest absolute Gasteiger partial charge is 0.507 e. The third-order valence-electron chi connectivity index (χ3n) is 3.28. The van der Waals surface area contributed by atoms with Crippen LogP contribution in [0.25, 0.3) is 21.9 Å². The van der Waals surface area contributed by atoms with Crippen molar-refractivity contribution in [2.45, 2.75) is 6.92 Å². The maximum absolute atomic E-state index is 9.93. The molecular formula is C17H14O. The van der Waals surface area contributed by atoms with Gasteiger partial charge in [0.2, 0.25) is 0 Å². The van der Waals surface area contributed by atoms with Gasteiger partial charge in [0, 0.05) is 5.56 Å². The first-order valence-electron chi connectivity index (χ1n) is 6.03. The number of hydrogen-bond donors (Lipinski definition) is 1. The SMILES string of the molecule is Cc1cc(-c2ccccc2O)cc2ccccc12. The molecule has 0 aliphatic heterocycles. The molecule has 3 aromatic carbocycles. The molecule has 18 heavy (non-hydrogen) atoms. The first-order chi connectivity index (χ1) is 8.75. The van der Waals surface area contributed by atoms with E-state index < -0.39 is 0 Å². The summed E-state index contributed by atoms with van der Waals surface area (Å²) in [4.78, 5) is 0. The Kier molecular flexibility index (Phi) is 2.52. The smallest absolute Gasteiger partial charge is 0.123 e. The van der Waals surface area contributed by atoms with Crippen LogP contribution in [0.1, 0.15) is 5.56 Å². The van der Waals surface area contributed by atoms with E-state index in [9.17, 15) is 5.11 Å². The molecule has 0 bridgehead atoms. The van der Waals surface area contributed by atoms with Gasteiger partial charge in [-0.3, -0.25) is 0 Å². The summed E-state index contributed by atoms with van der Waals surface area (Å²) < 4.78 is 0. The molecule has 0 fully saturated rings. The van der Waals surface area contributed by atoms with E-state index in [4.69, 9.17) is 0 Å². The quantitative estimate of drug-likeness (QED) is 0.656. The highest BCUT2D eigenvalue weighted by molar-refractivity contribution is 5.90. The van der Waals surface area contributed by atoms with Crippen LogP contribution in [-0.2, 0) is 0 Å². The van der Waals surface area contributed by atoms with Gasteiger partial charge >= 0.3 is 0 Å². The number of rotatable bonds is 1. The lowest BCUT2D eigenvalue weighted by Crippen LogP contribution is -1.83. The number of aryl methyl sites for hydroxylation is 1. The fraction of sp³-hybridized carbons (Fsp3) is 0.0588. The summed E-state index contributed by atoms with van der Waals surface area (Å²) in [6, 6.07) is 20.0. The maximum atomic E-state index is 9.93. The summed E-state index contributed by atoms with van der Waals surface area (Å²) in [5.74, 6) is 0.326. The molecule has 0 radical (unpaired) electrons. The Morgan fingerprint density at radius 3 is 2.39 bits per heavy atom. The third kappa shape index (κ3) is 1.74. The van der Waals surface area contributed by atoms with Gasteiger partial charge in [0.05, 0.1) is 0 Å². The lowest BCUT2D eigenvalue weighted by Gasteiger charge is -2.08. The zero-order valence-corrected chi connectivity index (χ0v) is 10.2. The Balaban J connectivity index is 2.28. The van der Waals surface area contributed by atoms with Gasteiger partial charge in [-0.1, -0.05) is 48.5 Å². The lowest BCUT2D eigenvalue weighted by atomic mass is 9.97. The molecule has 0 aliphatic rings. The standard InChI is InChI=1S/C17H14O/c1-12-10-14(16-8-4-5-9-17(16)18)11-13-6-2-3-7-15(12)13/h2-11,18H,1H3. The second-order valence-corrected chi connectivity index (χ2v) is 4.53. The van der Waals surface area contributed by atoms with Gasteiger partial charge in [0.25, 0.3) is 0 Å². The van der Waals surface area contributed by atoms with Crippen molar-refractivity contribution in [2.24, 2.45) is 0 Å². The minimum atomic E-state index is 0.326. The number of fused-ring (bicyclic) bond motifs is 1. The highest BCUT2D eigenvalue weighted by Crippen LogP contribution is 2.32. The molecule has 88 valence electrons. The Labute approximate surface area is 106 Å². The van der Waals surface area contributed by atoms with Crippen molar-refractivity contribution < 1.29 is 5.11 Å². The molecule has 0 saturated heterocycles. The van der Waals surface area contributed by atoms with E-state index in [1.165, 1.54) is 16.3 Å². The molecule has 0 heterocycles. The molecule has 0 atom stereocenters. The van der Waals surface area contributed by atoms with Crippen molar-refractivity contribution in [3.8, 4) is 16.9 Å². The average molecular weight is 234 g/mol. The fourth-order valence-electron chi connectivity index (χ4n) is 2.38. The average Bonchev–Trinajstić information content (AvgIpc) is 2.39. The van der Waals surface area contributed by atoms with Crippen molar-refractivity contribution in [1.82, 2.24) is 0 Å². The van der Waals surface area contributed by atoms with Crippen LogP contribution in [-0.4, -0.2) is 5.11 Å². The Bertz CT molecular complexity index is 714. The van der Waals surface area contributed by atoms with E-state index >= 15 is 0 Å². The van der Waals surface area contributed by atoms with E-state index in [0.717, 1.165) is 11.1 Å². The Morgan fingerprint density at radius 1 is 0.833 bits per heavy atom. The number of benzene rings is 3. The maximum Gasteiger partial charge on any atom is 0.123 e. The van der Waals surface area contributed by atoms with E-state index in [1.54, 1.807) is 6.07 Å². The van der Waals surface area contributed by atoms with Crippen molar-refractivity contribution >= 4 is 10.8 Å². The molecule has 1 heteroatoms. The first-order valence-corrected chi connectivity index (χ1v) is 6.03. The third-order valence-corrected chi connectivity index (χ3v) is 3.28. The van der Waals surface area contributed by atoms with Crippen LogP contribution in [0.5, 0.6) is 5.75 Å². The van der Waals surface area contributed by atoms with Crippen LogP contribution in [0, 0.1) is 6.92 Å². The predicted octanol–water partition coefficient (Wildman–Crippen LogP) is 4.52. The first kappa shape index (κ1) is 10.8. The van der Waals surface area contributed by atoms with E-state index in [2.05, 4.69) is 37.3 Å². The van der Waals surface area contributed by atoms with E-state index in [-0.39, 0.29) is 0 Å². The summed E-state index contributed by atoms with van der Waals surface area (Å²) in [5, 5.41) is 12.4. The molecular weight excluding hydrogens is 220 g/mol. The minimum absolute atomic E-state index is 0.326. The second-order valence-electron chi connectivity index (χ2n) is 4.53. The Hall–Kier alpha value is -2.28. The molecule has 0 spiro atoms. The van der Waals surface area contributed by atoms with Crippen LogP contribution in [0.2, 0.25) is 0 Å². The number of phenolic OH excluding ortho intramolecular Hbond substituents is 1. The summed E-state index contributed by atoms with van der Waals surface area (Å²) in [6.07, 6.45) is 0. The molecule has 1 N–H and O–H groups in total. The summed E-state index contributed by atoms with van der Waals surface area (Å²) in [7, 11) is 0. The molecule has 0 aliphatic carbocycles. The van der Waals surface area contributed by atoms with Crippen molar-refractivity contribution in [3.63, 3.8) is 0 Å². The minimum Gasteiger partial charge on any atom is -0.507 e. The van der Waals surface area contributed by atoms with Gasteiger partial charge in [-0.2, -0.15) is 0 Å². The van der Waals surface area contributed by atoms with E-state index in [1.807, 2.05) is 24.3 Å². The van der Waals surface area contributed by atoms with Crippen LogP contribution in [0.3, 0.4) is 0 Å². The van der Waals surface area contributed by atoms with Gasteiger partial charge in [-0.15, -0.1) is 0 Å². The number of aromatic hydroxyl groups is 1. The topological polar surface area (TPSA) is 20.2 Å². The van der Waals surface area contributed by atoms with Gasteiger partial charge in [0.1, 0.15) is 5.75 Å². The molecule has 0 amide bonds. The van der Waals surface area contributed by atoms with Crippen LogP contribution < -0.4 is 0 Å². The molecule has 3 aromatic rings. The normalized spacial score (nSPS) is 10.7. The highest BCUT2D eigenvalue weighted by Gasteiger charge is 2.06. The molecule has 1 nitrogen and oxygen atoms in total. The van der Waals surface area contributed by atoms with Crippen molar-refractivity contribution in [1.29, 1.82) is 0 Å². The van der Waals surface area contributed by atoms with Crippen molar-refractivity contribution in [2.75, 3.05) is 0 Å². The number of para-hydroxylation sites is 1. The lowest BCUT2D eigenvalue weighted by molar-refractivity contribution is 0.477. The van der Waals surface area contributed by atoms with Gasteiger partial charge < -0.3 is 5.11 Å². The van der Waals surface area contributed by atoms with Crippen LogP contribution >= 0.6 is 0 Å². The second kappa shape index (κ2) is 4.19. The summed E-state index contributed by atoms with van der Waals surface area (Å²) in [5.41, 5.74) is 3.17. The molecule has 0 unspecified atom stereocenters. The van der Waals surface area contributed by atoms with Gasteiger partial charge in [0.15, 0.2) is 0 Å². The predicted molar refractivity (Wildman–Crippen MR) is 75.8 cm³/mol. The fourth-order valence-corrected chi connectivity index (χ4v) is 2.38. The monoisotopic (exact) mass is 234 g/mol. The van der Waals surface area contributed by atoms with Crippen LogP contribution in [0.4, 0.5) is 0 Å². The zero-order valence-electron chi connectivity index (χ0n) is 10.2. The van der Waals surface area contributed by atoms with Gasteiger partial charge in [-0.05, 0) is 41.0 Å². The zero-order chi connectivity index (χ0) is 12.5. The van der Waals surface area contributed by atoms with Crippen molar-refractivity contribution in [3.05, 3.63) is 66.2 Å². The van der Waals surface area contributed by atoms with E-state index in [0.29, 0.717) is 5.75 Å². The molecule has 3 rings (SSSR count). The Morgan fingerprint density at radius 2 is 1.56 bits per heavy atom. The highest BCUT2D eigenvalue weighted by atomic mass is 16.3. The molecule has 0 saturated carbocycles. The van der Waals surface area contributed by atoms with Crippen LogP contribution in [0.15, 0.2) is 60.7 Å². The van der Waals surface area contributed by atoms with Gasteiger partial charge in [-0.25, -0.2) is 0 Å². The molecule has 0 aromatic heterocycles. The number of hydrogen-bond acceptors (Lipinski definition) is 1. The number of phenols is 1.